The topological polar surface area (TPSA) is 58.9 Å². The molecule has 0 saturated carbocycles. The Hall–Kier alpha value is -2.80. The van der Waals surface area contributed by atoms with E-state index in [1.807, 2.05) is 35.8 Å². The Balaban J connectivity index is 2.20. The summed E-state index contributed by atoms with van der Waals surface area (Å²) in [7, 11) is 0. The van der Waals surface area contributed by atoms with E-state index in [1.54, 1.807) is 12.1 Å². The second-order valence-electron chi connectivity index (χ2n) is 4.47. The smallest absolute Gasteiger partial charge is 0.336 e. The normalized spacial score (nSPS) is 10.6. The van der Waals surface area contributed by atoms with Gasteiger partial charge in [-0.25, -0.2) is 4.79 Å². The van der Waals surface area contributed by atoms with Gasteiger partial charge in [0.1, 0.15) is 17.3 Å². The maximum absolute atomic E-state index is 11.2. The van der Waals surface area contributed by atoms with Crippen LogP contribution in [0.4, 0.5) is 0 Å². The Bertz CT molecular complexity index is 881. The van der Waals surface area contributed by atoms with Gasteiger partial charge in [-0.15, -0.1) is 0 Å². The van der Waals surface area contributed by atoms with Crippen molar-refractivity contribution in [3.63, 3.8) is 0 Å². The molecule has 0 spiro atoms. The van der Waals surface area contributed by atoms with Crippen LogP contribution in [-0.4, -0.2) is 4.57 Å². The van der Waals surface area contributed by atoms with Crippen LogP contribution in [0.2, 0.25) is 0 Å². The minimum absolute atomic E-state index is 0.353. The van der Waals surface area contributed by atoms with Crippen molar-refractivity contribution in [1.29, 1.82) is 5.26 Å². The van der Waals surface area contributed by atoms with Crippen LogP contribution in [0, 0.1) is 11.3 Å². The molecule has 4 heteroatoms. The molecule has 0 amide bonds. The van der Waals surface area contributed by atoms with Gasteiger partial charge in [0.25, 0.3) is 0 Å². The molecule has 0 radical (unpaired) electrons. The third-order valence-corrected chi connectivity index (χ3v) is 3.33. The van der Waals surface area contributed by atoms with Crippen LogP contribution in [0.15, 0.2) is 51.7 Å². The van der Waals surface area contributed by atoms with E-state index in [9.17, 15) is 4.79 Å². The molecule has 3 rings (SSSR count). The summed E-state index contributed by atoms with van der Waals surface area (Å²) >= 11 is 0. The average molecular weight is 264 g/mol. The van der Waals surface area contributed by atoms with Crippen LogP contribution < -0.4 is 5.63 Å². The molecule has 0 aliphatic rings. The number of hydrogen-bond acceptors (Lipinski definition) is 3. The van der Waals surface area contributed by atoms with Crippen molar-refractivity contribution in [3.05, 3.63) is 58.6 Å². The van der Waals surface area contributed by atoms with Crippen molar-refractivity contribution in [2.75, 3.05) is 0 Å². The van der Waals surface area contributed by atoms with E-state index in [-0.39, 0.29) is 5.63 Å². The minimum Gasteiger partial charge on any atom is -0.423 e. The van der Waals surface area contributed by atoms with E-state index < -0.39 is 0 Å². The van der Waals surface area contributed by atoms with Gasteiger partial charge in [-0.3, -0.25) is 0 Å². The van der Waals surface area contributed by atoms with Crippen molar-refractivity contribution in [2.24, 2.45) is 0 Å². The molecule has 3 aromatic rings. The van der Waals surface area contributed by atoms with E-state index >= 15 is 0 Å². The van der Waals surface area contributed by atoms with Crippen LogP contribution in [0.25, 0.3) is 22.2 Å². The molecule has 0 N–H and O–H groups in total. The molecule has 0 aliphatic carbocycles. The predicted molar refractivity (Wildman–Crippen MR) is 76.3 cm³/mol. The third-order valence-electron chi connectivity index (χ3n) is 3.33. The van der Waals surface area contributed by atoms with Gasteiger partial charge >= 0.3 is 5.63 Å². The number of aromatic nitrogens is 1. The maximum atomic E-state index is 11.2. The summed E-state index contributed by atoms with van der Waals surface area (Å²) in [5.41, 5.74) is 2.83. The monoisotopic (exact) mass is 264 g/mol. The van der Waals surface area contributed by atoms with Gasteiger partial charge in [-0.05, 0) is 48.9 Å². The second-order valence-corrected chi connectivity index (χ2v) is 4.47. The fourth-order valence-electron chi connectivity index (χ4n) is 2.39. The van der Waals surface area contributed by atoms with Crippen molar-refractivity contribution < 1.29 is 4.42 Å². The quantitative estimate of drug-likeness (QED) is 0.668. The molecule has 0 bridgehead atoms. The molecule has 2 aromatic heterocycles. The summed E-state index contributed by atoms with van der Waals surface area (Å²) in [5, 5.41) is 9.96. The molecular formula is C16H12N2O2. The van der Waals surface area contributed by atoms with Gasteiger partial charge in [-0.2, -0.15) is 5.26 Å². The molecule has 0 saturated heterocycles. The van der Waals surface area contributed by atoms with E-state index in [0.717, 1.165) is 23.2 Å². The molecule has 0 aliphatic heterocycles. The Kier molecular flexibility index (Phi) is 2.88. The average Bonchev–Trinajstić information content (AvgIpc) is 2.89. The van der Waals surface area contributed by atoms with Crippen LogP contribution in [0.1, 0.15) is 12.6 Å². The second kappa shape index (κ2) is 4.71. The molecule has 0 unspecified atom stereocenters. The first-order chi connectivity index (χ1) is 9.72. The first-order valence-corrected chi connectivity index (χ1v) is 6.37. The highest BCUT2D eigenvalue weighted by Gasteiger charge is 2.09. The number of rotatable bonds is 2. The first kappa shape index (κ1) is 12.2. The van der Waals surface area contributed by atoms with E-state index in [0.29, 0.717) is 11.3 Å². The molecule has 0 atom stereocenters. The highest BCUT2D eigenvalue weighted by molar-refractivity contribution is 5.82. The van der Waals surface area contributed by atoms with Crippen molar-refractivity contribution in [3.8, 4) is 17.3 Å². The lowest BCUT2D eigenvalue weighted by Gasteiger charge is -2.08. The van der Waals surface area contributed by atoms with Gasteiger partial charge < -0.3 is 8.98 Å². The third kappa shape index (κ3) is 1.90. The highest BCUT2D eigenvalue weighted by atomic mass is 16.4. The van der Waals surface area contributed by atoms with Crippen LogP contribution in [0.5, 0.6) is 0 Å². The molecular weight excluding hydrogens is 252 g/mol. The SMILES string of the molecule is CCn1c(C#N)ccc1-c1ccc2oc(=O)ccc2c1. The van der Waals surface area contributed by atoms with Gasteiger partial charge in [0.05, 0.1) is 0 Å². The fraction of sp³-hybridized carbons (Fsp3) is 0.125. The molecule has 4 nitrogen and oxygen atoms in total. The van der Waals surface area contributed by atoms with Crippen molar-refractivity contribution in [1.82, 2.24) is 4.57 Å². The van der Waals surface area contributed by atoms with Gasteiger partial charge in [0.2, 0.25) is 0 Å². The van der Waals surface area contributed by atoms with E-state index in [4.69, 9.17) is 9.68 Å². The molecule has 20 heavy (non-hydrogen) atoms. The summed E-state index contributed by atoms with van der Waals surface area (Å²) in [6.45, 7) is 2.73. The summed E-state index contributed by atoms with van der Waals surface area (Å²) in [6.07, 6.45) is 0. The predicted octanol–water partition coefficient (Wildman–Crippen LogP) is 3.15. The Morgan fingerprint density at radius 1 is 1.20 bits per heavy atom. The van der Waals surface area contributed by atoms with Gasteiger partial charge in [0, 0.05) is 23.7 Å². The van der Waals surface area contributed by atoms with E-state index in [2.05, 4.69) is 6.07 Å². The molecule has 2 heterocycles. The lowest BCUT2D eigenvalue weighted by Crippen LogP contribution is -2.00. The lowest BCUT2D eigenvalue weighted by molar-refractivity contribution is 0.561. The molecule has 0 fully saturated rings. The van der Waals surface area contributed by atoms with Crippen LogP contribution in [-0.2, 0) is 6.54 Å². The van der Waals surface area contributed by atoms with Crippen LogP contribution >= 0.6 is 0 Å². The Labute approximate surface area is 115 Å². The first-order valence-electron chi connectivity index (χ1n) is 6.37. The Morgan fingerprint density at radius 3 is 2.80 bits per heavy atom. The fourth-order valence-corrected chi connectivity index (χ4v) is 2.39. The molecule has 98 valence electrons. The maximum Gasteiger partial charge on any atom is 0.336 e. The zero-order valence-electron chi connectivity index (χ0n) is 11.0. The van der Waals surface area contributed by atoms with Crippen LogP contribution in [0.3, 0.4) is 0 Å². The Morgan fingerprint density at radius 2 is 2.05 bits per heavy atom. The van der Waals surface area contributed by atoms with E-state index in [1.165, 1.54) is 6.07 Å². The minimum atomic E-state index is -0.353. The van der Waals surface area contributed by atoms with Crippen molar-refractivity contribution >= 4 is 11.0 Å². The number of nitriles is 1. The molecule has 1 aromatic carbocycles. The number of nitrogens with zero attached hydrogens (tertiary/aromatic N) is 2. The summed E-state index contributed by atoms with van der Waals surface area (Å²) in [5.74, 6) is 0. The number of benzene rings is 1. The summed E-state index contributed by atoms with van der Waals surface area (Å²) in [4.78, 5) is 11.2. The van der Waals surface area contributed by atoms with Gasteiger partial charge in [0.15, 0.2) is 0 Å². The number of fused-ring (bicyclic) bond motifs is 1. The van der Waals surface area contributed by atoms with Crippen molar-refractivity contribution in [2.45, 2.75) is 13.5 Å². The lowest BCUT2D eigenvalue weighted by atomic mass is 10.1. The standard InChI is InChI=1S/C16H12N2O2/c1-2-18-13(10-17)5-6-14(18)11-3-7-15-12(9-11)4-8-16(19)20-15/h3-9H,2H2,1H3. The zero-order valence-corrected chi connectivity index (χ0v) is 11.0. The zero-order chi connectivity index (χ0) is 14.1. The largest absolute Gasteiger partial charge is 0.423 e. The number of hydrogen-bond donors (Lipinski definition) is 0. The highest BCUT2D eigenvalue weighted by Crippen LogP contribution is 2.25. The van der Waals surface area contributed by atoms with Gasteiger partial charge in [-0.1, -0.05) is 0 Å². The summed E-state index contributed by atoms with van der Waals surface area (Å²) < 4.78 is 7.08. The summed E-state index contributed by atoms with van der Waals surface area (Å²) in [6, 6.07) is 14.7.